The number of amides is 2. The molecule has 0 bridgehead atoms. The van der Waals surface area contributed by atoms with Crippen molar-refractivity contribution in [2.24, 2.45) is 11.7 Å². The number of carbonyl (C=O) groups excluding carboxylic acids is 2. The van der Waals surface area contributed by atoms with E-state index in [1.165, 1.54) is 12.8 Å². The first-order valence-corrected chi connectivity index (χ1v) is 9.68. The van der Waals surface area contributed by atoms with Crippen molar-refractivity contribution in [1.82, 2.24) is 4.90 Å². The molecule has 26 heavy (non-hydrogen) atoms. The molecule has 0 spiro atoms. The number of nitrogens with two attached hydrogens (primary N) is 1. The molecule has 0 radical (unpaired) electrons. The first-order chi connectivity index (χ1) is 12.6. The van der Waals surface area contributed by atoms with E-state index in [4.69, 9.17) is 10.5 Å². The minimum atomic E-state index is -0.530. The van der Waals surface area contributed by atoms with Crippen LogP contribution in [0.3, 0.4) is 0 Å². The average molecular weight is 359 g/mol. The zero-order valence-electron chi connectivity index (χ0n) is 15.3. The summed E-state index contributed by atoms with van der Waals surface area (Å²) in [5, 5.41) is 2.87. The van der Waals surface area contributed by atoms with E-state index in [2.05, 4.69) is 5.32 Å². The molecular formula is C20H29N3O3. The molecule has 3 rings (SSSR count). The Morgan fingerprint density at radius 1 is 1.04 bits per heavy atom. The largest absolute Gasteiger partial charge is 0.381 e. The van der Waals surface area contributed by atoms with Gasteiger partial charge in [0.1, 0.15) is 0 Å². The van der Waals surface area contributed by atoms with Crippen molar-refractivity contribution in [3.05, 3.63) is 29.8 Å². The minimum absolute atomic E-state index is 0.0729. The van der Waals surface area contributed by atoms with E-state index in [1.807, 2.05) is 4.90 Å². The monoisotopic (exact) mass is 359 g/mol. The van der Waals surface area contributed by atoms with Gasteiger partial charge in [0.25, 0.3) is 5.91 Å². The molecule has 6 heteroatoms. The Morgan fingerprint density at radius 2 is 1.65 bits per heavy atom. The lowest BCUT2D eigenvalue weighted by Crippen LogP contribution is -2.44. The van der Waals surface area contributed by atoms with Gasteiger partial charge in [0.15, 0.2) is 0 Å². The first kappa shape index (κ1) is 18.9. The molecule has 1 aromatic carbocycles. The van der Waals surface area contributed by atoms with Crippen molar-refractivity contribution in [3.63, 3.8) is 0 Å². The van der Waals surface area contributed by atoms with Gasteiger partial charge in [-0.1, -0.05) is 12.8 Å². The topological polar surface area (TPSA) is 84.7 Å². The van der Waals surface area contributed by atoms with Crippen molar-refractivity contribution in [2.45, 2.75) is 44.6 Å². The number of nitrogens with zero attached hydrogens (tertiary/aromatic N) is 1. The fraction of sp³-hybridized carbons (Fsp3) is 0.600. The second kappa shape index (κ2) is 9.14. The highest BCUT2D eigenvalue weighted by Crippen LogP contribution is 2.20. The van der Waals surface area contributed by atoms with Crippen molar-refractivity contribution < 1.29 is 14.3 Å². The van der Waals surface area contributed by atoms with E-state index >= 15 is 0 Å². The van der Waals surface area contributed by atoms with Gasteiger partial charge in [0.2, 0.25) is 5.91 Å². The Balaban J connectivity index is 1.56. The molecule has 0 aromatic heterocycles. The van der Waals surface area contributed by atoms with Crippen LogP contribution in [0.25, 0.3) is 0 Å². The van der Waals surface area contributed by atoms with Crippen LogP contribution in [0.5, 0.6) is 0 Å². The summed E-state index contributed by atoms with van der Waals surface area (Å²) in [6.45, 7) is 2.99. The summed E-state index contributed by atoms with van der Waals surface area (Å²) < 4.78 is 5.32. The highest BCUT2D eigenvalue weighted by molar-refractivity contribution is 5.97. The predicted octanol–water partition coefficient (Wildman–Crippen LogP) is 2.40. The maximum Gasteiger partial charge on any atom is 0.253 e. The van der Waals surface area contributed by atoms with Crippen LogP contribution < -0.4 is 11.1 Å². The van der Waals surface area contributed by atoms with Crippen LogP contribution in [0.15, 0.2) is 24.3 Å². The molecule has 0 saturated carbocycles. The predicted molar refractivity (Wildman–Crippen MR) is 101 cm³/mol. The third-order valence-corrected chi connectivity index (χ3v) is 5.37. The standard InChI is InChI=1S/C20H29N3O3/c21-18(15-9-13-26-14-10-15)19(24)22-17-7-5-16(6-8-17)20(25)23-11-3-1-2-4-12-23/h5-8,15,18H,1-4,9-14,21H2,(H,22,24). The molecule has 2 saturated heterocycles. The van der Waals surface area contributed by atoms with Gasteiger partial charge in [-0.3, -0.25) is 9.59 Å². The zero-order valence-corrected chi connectivity index (χ0v) is 15.3. The van der Waals surface area contributed by atoms with Gasteiger partial charge in [-0.25, -0.2) is 0 Å². The Morgan fingerprint density at radius 3 is 2.27 bits per heavy atom. The number of anilines is 1. The number of hydrogen-bond acceptors (Lipinski definition) is 4. The van der Waals surface area contributed by atoms with Gasteiger partial charge in [-0.2, -0.15) is 0 Å². The summed E-state index contributed by atoms with van der Waals surface area (Å²) in [5.74, 6) is 0.0554. The van der Waals surface area contributed by atoms with Gasteiger partial charge in [0, 0.05) is 37.6 Å². The third kappa shape index (κ3) is 4.83. The summed E-state index contributed by atoms with van der Waals surface area (Å²) in [6.07, 6.45) is 6.17. The highest BCUT2D eigenvalue weighted by atomic mass is 16.5. The number of nitrogens with one attached hydrogen (secondary N) is 1. The SMILES string of the molecule is NC(C(=O)Nc1ccc(C(=O)N2CCCCCC2)cc1)C1CCOCC1. The smallest absolute Gasteiger partial charge is 0.253 e. The van der Waals surface area contributed by atoms with E-state index < -0.39 is 6.04 Å². The summed E-state index contributed by atoms with van der Waals surface area (Å²) >= 11 is 0. The normalized spacial score (nSPS) is 20.3. The lowest BCUT2D eigenvalue weighted by Gasteiger charge is -2.26. The molecule has 1 aromatic rings. The molecule has 2 amide bonds. The number of rotatable bonds is 4. The van der Waals surface area contributed by atoms with Crippen LogP contribution in [-0.2, 0) is 9.53 Å². The molecule has 1 unspecified atom stereocenters. The maximum atomic E-state index is 12.6. The van der Waals surface area contributed by atoms with Crippen LogP contribution in [0.2, 0.25) is 0 Å². The Hall–Kier alpha value is -1.92. The number of benzene rings is 1. The Bertz CT molecular complexity index is 603. The van der Waals surface area contributed by atoms with Gasteiger partial charge in [-0.15, -0.1) is 0 Å². The lowest BCUT2D eigenvalue weighted by molar-refractivity contribution is -0.119. The van der Waals surface area contributed by atoms with Crippen LogP contribution >= 0.6 is 0 Å². The number of carbonyl (C=O) groups is 2. The van der Waals surface area contributed by atoms with Gasteiger partial charge >= 0.3 is 0 Å². The number of hydrogen-bond donors (Lipinski definition) is 2. The molecule has 142 valence electrons. The molecule has 2 fully saturated rings. The Kier molecular flexibility index (Phi) is 6.63. The van der Waals surface area contributed by atoms with Crippen molar-refractivity contribution in [2.75, 3.05) is 31.6 Å². The molecule has 6 nitrogen and oxygen atoms in total. The summed E-state index contributed by atoms with van der Waals surface area (Å²) in [5.41, 5.74) is 7.44. The quantitative estimate of drug-likeness (QED) is 0.864. The number of ether oxygens (including phenoxy) is 1. The average Bonchev–Trinajstić information content (AvgIpc) is 2.97. The lowest BCUT2D eigenvalue weighted by atomic mass is 9.92. The van der Waals surface area contributed by atoms with Crippen LogP contribution in [-0.4, -0.2) is 49.1 Å². The van der Waals surface area contributed by atoms with Crippen LogP contribution in [0.1, 0.15) is 48.9 Å². The molecule has 1 atom stereocenters. The zero-order chi connectivity index (χ0) is 18.4. The van der Waals surface area contributed by atoms with Crippen LogP contribution in [0.4, 0.5) is 5.69 Å². The molecule has 2 aliphatic heterocycles. The first-order valence-electron chi connectivity index (χ1n) is 9.68. The molecule has 0 aliphatic carbocycles. The minimum Gasteiger partial charge on any atom is -0.381 e. The molecule has 3 N–H and O–H groups in total. The molecular weight excluding hydrogens is 330 g/mol. The third-order valence-electron chi connectivity index (χ3n) is 5.37. The second-order valence-electron chi connectivity index (χ2n) is 7.25. The van der Waals surface area contributed by atoms with Gasteiger partial charge in [0.05, 0.1) is 6.04 Å². The second-order valence-corrected chi connectivity index (χ2v) is 7.25. The fourth-order valence-electron chi connectivity index (χ4n) is 3.67. The summed E-state index contributed by atoms with van der Waals surface area (Å²) in [7, 11) is 0. The van der Waals surface area contributed by atoms with E-state index in [0.717, 1.165) is 38.8 Å². The summed E-state index contributed by atoms with van der Waals surface area (Å²) in [4.78, 5) is 26.9. The van der Waals surface area contributed by atoms with Crippen molar-refractivity contribution in [3.8, 4) is 0 Å². The van der Waals surface area contributed by atoms with Gasteiger partial charge < -0.3 is 20.7 Å². The molecule has 2 heterocycles. The van der Waals surface area contributed by atoms with E-state index in [-0.39, 0.29) is 17.7 Å². The fourth-order valence-corrected chi connectivity index (χ4v) is 3.67. The highest BCUT2D eigenvalue weighted by Gasteiger charge is 2.26. The van der Waals surface area contributed by atoms with E-state index in [1.54, 1.807) is 24.3 Å². The van der Waals surface area contributed by atoms with Crippen molar-refractivity contribution >= 4 is 17.5 Å². The maximum absolute atomic E-state index is 12.6. The molecule has 2 aliphatic rings. The van der Waals surface area contributed by atoms with Crippen molar-refractivity contribution in [1.29, 1.82) is 0 Å². The van der Waals surface area contributed by atoms with Crippen LogP contribution in [0, 0.1) is 5.92 Å². The van der Waals surface area contributed by atoms with E-state index in [0.29, 0.717) is 24.5 Å². The Labute approximate surface area is 155 Å². The van der Waals surface area contributed by atoms with E-state index in [9.17, 15) is 9.59 Å². The van der Waals surface area contributed by atoms with Gasteiger partial charge in [-0.05, 0) is 55.9 Å². The summed E-state index contributed by atoms with van der Waals surface area (Å²) in [6, 6.07) is 6.59. The number of likely N-dealkylation sites (tertiary alicyclic amines) is 1.